The van der Waals surface area contributed by atoms with Gasteiger partial charge < -0.3 is 28.5 Å². The second-order valence-electron chi connectivity index (χ2n) is 25.5. The van der Waals surface area contributed by atoms with Crippen molar-refractivity contribution in [2.75, 3.05) is 47.5 Å². The first-order valence-corrected chi connectivity index (χ1v) is 37.0. The van der Waals surface area contributed by atoms with E-state index in [-0.39, 0.29) is 32.2 Å². The van der Waals surface area contributed by atoms with Gasteiger partial charge in [-0.25, -0.2) is 4.79 Å². The maximum Gasteiger partial charge on any atom is 0.361 e. The lowest BCUT2D eigenvalue weighted by Crippen LogP contribution is -2.40. The van der Waals surface area contributed by atoms with Crippen LogP contribution in [0.5, 0.6) is 0 Å². The molecular weight excluding hydrogens is 1130 g/mol. The third-order valence-corrected chi connectivity index (χ3v) is 15.6. The van der Waals surface area contributed by atoms with Gasteiger partial charge in [-0.2, -0.15) is 0 Å². The summed E-state index contributed by atoms with van der Waals surface area (Å²) in [5.74, 6) is -2.03. The molecule has 0 aliphatic rings. The van der Waals surface area contributed by atoms with E-state index in [1.165, 1.54) is 128 Å². The van der Waals surface area contributed by atoms with Crippen LogP contribution in [0.1, 0.15) is 296 Å². The van der Waals surface area contributed by atoms with Crippen LogP contribution < -0.4 is 0 Å². The van der Waals surface area contributed by atoms with Crippen LogP contribution in [-0.4, -0.2) is 87.4 Å². The molecule has 9 heteroatoms. The Hall–Kier alpha value is -4.83. The molecule has 91 heavy (non-hydrogen) atoms. The van der Waals surface area contributed by atoms with Crippen LogP contribution in [0.4, 0.5) is 0 Å². The first-order valence-electron chi connectivity index (χ1n) is 37.0. The van der Waals surface area contributed by atoms with Gasteiger partial charge in [0.25, 0.3) is 6.29 Å². The Kier molecular flexibility index (Phi) is 67.3. The van der Waals surface area contributed by atoms with Crippen molar-refractivity contribution in [2.45, 2.75) is 309 Å². The van der Waals surface area contributed by atoms with Crippen molar-refractivity contribution in [3.05, 3.63) is 146 Å². The average Bonchev–Trinajstić information content (AvgIpc) is 3.65. The second-order valence-corrected chi connectivity index (χ2v) is 25.5. The number of carbonyl (C=O) groups is 3. The van der Waals surface area contributed by atoms with E-state index >= 15 is 0 Å². The third kappa shape index (κ3) is 72.5. The van der Waals surface area contributed by atoms with Crippen molar-refractivity contribution in [2.24, 2.45) is 0 Å². The highest BCUT2D eigenvalue weighted by molar-refractivity contribution is 5.71. The summed E-state index contributed by atoms with van der Waals surface area (Å²) in [5, 5.41) is 9.76. The summed E-state index contributed by atoms with van der Waals surface area (Å²) < 4.78 is 23.0. The Balaban J connectivity index is 4.12. The summed E-state index contributed by atoms with van der Waals surface area (Å²) in [6, 6.07) is 0. The molecule has 0 aliphatic carbocycles. The van der Waals surface area contributed by atoms with Gasteiger partial charge in [-0.3, -0.25) is 9.59 Å². The molecule has 0 rings (SSSR count). The molecule has 9 nitrogen and oxygen atoms in total. The van der Waals surface area contributed by atoms with Crippen molar-refractivity contribution in [3.8, 4) is 0 Å². The molecule has 0 heterocycles. The van der Waals surface area contributed by atoms with E-state index in [0.29, 0.717) is 23.9 Å². The fourth-order valence-corrected chi connectivity index (χ4v) is 10.0. The average molecular weight is 1270 g/mol. The summed E-state index contributed by atoms with van der Waals surface area (Å²) in [7, 11) is 5.97. The molecule has 518 valence electrons. The van der Waals surface area contributed by atoms with Gasteiger partial charge in [0.05, 0.1) is 34.4 Å². The number of carboxylic acids is 1. The Labute approximate surface area is 560 Å². The first kappa shape index (κ1) is 86.2. The Morgan fingerprint density at radius 1 is 0.330 bits per heavy atom. The zero-order valence-electron chi connectivity index (χ0n) is 59.2. The maximum atomic E-state index is 13.0. The summed E-state index contributed by atoms with van der Waals surface area (Å²) in [5.41, 5.74) is 0. The zero-order valence-corrected chi connectivity index (χ0v) is 59.2. The lowest BCUT2D eigenvalue weighted by Gasteiger charge is -2.25. The summed E-state index contributed by atoms with van der Waals surface area (Å²) in [6.07, 6.45) is 101. The zero-order chi connectivity index (χ0) is 66.1. The van der Waals surface area contributed by atoms with Crippen molar-refractivity contribution in [1.82, 2.24) is 0 Å². The summed E-state index contributed by atoms with van der Waals surface area (Å²) in [6.45, 7) is 4.64. The number of carbonyl (C=O) groups excluding carboxylic acids is 2. The van der Waals surface area contributed by atoms with Crippen molar-refractivity contribution >= 4 is 17.9 Å². The molecule has 0 fully saturated rings. The standard InChI is InChI=1S/C82H137NO8/c1-6-8-10-12-14-16-18-20-22-24-26-28-30-32-34-36-38-39-40-41-43-44-46-48-50-52-54-56-58-60-62-64-66-68-70-72-79(84)89-76-78(77-90-82(81(86)87)88-75-74-83(3,4)5)91-80(85)73-71-69-67-65-63-61-59-57-55-53-51-49-47-45-42-37-35-33-31-29-27-25-23-21-19-17-15-13-11-9-7-2/h8-11,14-17,20-23,26-29,33,35,42,45,49,51,55,57,78,82H,6-7,12-13,18-19,24-25,30-32,34,36-41,43-44,46-48,50,52-54,56,58-77H2,1-5H3/p+1/b10-8-,11-9-,16-14-,17-15-,22-20-,23-21-,28-26-,29-27-,35-33-,45-42-,51-49-,57-55-. The molecule has 0 spiro atoms. The van der Waals surface area contributed by atoms with E-state index in [9.17, 15) is 19.5 Å². The van der Waals surface area contributed by atoms with Gasteiger partial charge in [0.15, 0.2) is 6.10 Å². The molecule has 0 aromatic rings. The van der Waals surface area contributed by atoms with E-state index < -0.39 is 24.3 Å². The van der Waals surface area contributed by atoms with E-state index in [1.54, 1.807) is 0 Å². The Morgan fingerprint density at radius 3 is 0.879 bits per heavy atom. The predicted octanol–water partition coefficient (Wildman–Crippen LogP) is 23.5. The Bertz CT molecular complexity index is 2010. The van der Waals surface area contributed by atoms with E-state index in [4.69, 9.17) is 18.9 Å². The van der Waals surface area contributed by atoms with Gasteiger partial charge in [0.1, 0.15) is 13.2 Å². The monoisotopic (exact) mass is 1270 g/mol. The van der Waals surface area contributed by atoms with Crippen molar-refractivity contribution in [1.29, 1.82) is 0 Å². The number of nitrogens with zero attached hydrogens (tertiary/aromatic N) is 1. The Morgan fingerprint density at radius 2 is 0.593 bits per heavy atom. The van der Waals surface area contributed by atoms with Gasteiger partial charge >= 0.3 is 17.9 Å². The number of likely N-dealkylation sites (N-methyl/N-ethyl adjacent to an activating group) is 1. The molecule has 0 radical (unpaired) electrons. The number of hydrogen-bond donors (Lipinski definition) is 1. The molecule has 0 saturated carbocycles. The minimum Gasteiger partial charge on any atom is -0.477 e. The minimum atomic E-state index is -1.52. The highest BCUT2D eigenvalue weighted by Crippen LogP contribution is 2.17. The molecule has 2 atom stereocenters. The van der Waals surface area contributed by atoms with Gasteiger partial charge in [0, 0.05) is 12.8 Å². The van der Waals surface area contributed by atoms with Crippen LogP contribution in [-0.2, 0) is 33.3 Å². The number of quaternary nitrogens is 1. The molecule has 1 N–H and O–H groups in total. The minimum absolute atomic E-state index is 0.179. The van der Waals surface area contributed by atoms with Gasteiger partial charge in [-0.1, -0.05) is 314 Å². The predicted molar refractivity (Wildman–Crippen MR) is 391 cm³/mol. The molecule has 0 bridgehead atoms. The lowest BCUT2D eigenvalue weighted by molar-refractivity contribution is -0.870. The smallest absolute Gasteiger partial charge is 0.361 e. The molecule has 0 amide bonds. The molecule has 0 saturated heterocycles. The number of aliphatic carboxylic acids is 1. The quantitative estimate of drug-likeness (QED) is 0.0211. The number of carboxylic acid groups (broad SMARTS) is 1. The van der Waals surface area contributed by atoms with Gasteiger partial charge in [-0.05, 0) is 116 Å². The molecule has 0 aromatic carbocycles. The number of allylic oxidation sites excluding steroid dienone is 24. The summed E-state index contributed by atoms with van der Waals surface area (Å²) in [4.78, 5) is 37.7. The highest BCUT2D eigenvalue weighted by Gasteiger charge is 2.25. The van der Waals surface area contributed by atoms with E-state index in [2.05, 4.69) is 160 Å². The largest absolute Gasteiger partial charge is 0.477 e. The maximum absolute atomic E-state index is 13.0. The van der Waals surface area contributed by atoms with Crippen LogP contribution in [0.3, 0.4) is 0 Å². The molecular formula is C82H138NO8+. The SMILES string of the molecule is CC/C=C\C/C=C\C/C=C\C/C=C\C/C=C\C/C=C\C/C=C\C/C=C\CCCCCCCCC(=O)OC(COC(=O)CCCCCCCCCCCCCCCCCCCCCCCC/C=C\C/C=C\C/C=C\C/C=C\CC)COC(OCC[N+](C)(C)C)C(=O)O. The molecule has 0 aliphatic heterocycles. The number of hydrogen-bond acceptors (Lipinski definition) is 7. The summed E-state index contributed by atoms with van der Waals surface area (Å²) >= 11 is 0. The first-order chi connectivity index (χ1) is 44.6. The van der Waals surface area contributed by atoms with Crippen LogP contribution in [0, 0.1) is 0 Å². The van der Waals surface area contributed by atoms with Crippen LogP contribution in [0.2, 0.25) is 0 Å². The van der Waals surface area contributed by atoms with Crippen molar-refractivity contribution < 1.29 is 42.9 Å². The fourth-order valence-electron chi connectivity index (χ4n) is 10.0. The van der Waals surface area contributed by atoms with Crippen LogP contribution in [0.15, 0.2) is 146 Å². The van der Waals surface area contributed by atoms with Gasteiger partial charge in [-0.15, -0.1) is 0 Å². The third-order valence-electron chi connectivity index (χ3n) is 15.6. The topological polar surface area (TPSA) is 108 Å². The highest BCUT2D eigenvalue weighted by atomic mass is 16.7. The number of rotatable bonds is 67. The number of esters is 2. The van der Waals surface area contributed by atoms with Gasteiger partial charge in [0.2, 0.25) is 0 Å². The van der Waals surface area contributed by atoms with E-state index in [1.807, 2.05) is 21.1 Å². The number of ether oxygens (including phenoxy) is 4. The van der Waals surface area contributed by atoms with Crippen LogP contribution >= 0.6 is 0 Å². The lowest BCUT2D eigenvalue weighted by atomic mass is 10.0. The van der Waals surface area contributed by atoms with Crippen molar-refractivity contribution in [3.63, 3.8) is 0 Å². The van der Waals surface area contributed by atoms with Crippen LogP contribution in [0.25, 0.3) is 0 Å². The van der Waals surface area contributed by atoms with E-state index in [0.717, 1.165) is 135 Å². The normalized spacial score (nSPS) is 13.5. The molecule has 0 aromatic heterocycles. The molecule has 2 unspecified atom stereocenters. The number of unbranched alkanes of at least 4 members (excludes halogenated alkanes) is 28. The second kappa shape index (κ2) is 71.0. The fraction of sp³-hybridized carbons (Fsp3) is 0.671.